The molecule has 0 aliphatic heterocycles. The molecule has 156 valence electrons. The number of fused-ring (bicyclic) bond motifs is 1. The molecular weight excluding hydrogens is 374 g/mol. The van der Waals surface area contributed by atoms with Gasteiger partial charge in [-0.25, -0.2) is 4.98 Å². The largest absolute Gasteiger partial charge is 0.481 e. The second-order valence-corrected chi connectivity index (χ2v) is 7.88. The van der Waals surface area contributed by atoms with E-state index >= 15 is 0 Å². The van der Waals surface area contributed by atoms with Crippen LogP contribution in [-0.4, -0.2) is 21.6 Å². The second-order valence-electron chi connectivity index (χ2n) is 7.88. The van der Waals surface area contributed by atoms with Crippen molar-refractivity contribution in [2.45, 2.75) is 58.6 Å². The third-order valence-corrected chi connectivity index (χ3v) is 5.77. The molecule has 1 aromatic heterocycles. The fourth-order valence-corrected chi connectivity index (χ4v) is 4.00. The Morgan fingerprint density at radius 3 is 2.60 bits per heavy atom. The van der Waals surface area contributed by atoms with Crippen molar-refractivity contribution in [3.8, 4) is 11.4 Å². The number of benzene rings is 2. The van der Waals surface area contributed by atoms with E-state index in [0.717, 1.165) is 35.7 Å². The van der Waals surface area contributed by atoms with Crippen molar-refractivity contribution in [2.75, 3.05) is 0 Å². The molecule has 1 atom stereocenters. The Labute approximate surface area is 178 Å². The van der Waals surface area contributed by atoms with Crippen LogP contribution in [-0.2, 0) is 24.2 Å². The zero-order valence-corrected chi connectivity index (χ0v) is 17.7. The minimum atomic E-state index is -0.487. The topological polar surface area (TPSA) is 56.1 Å². The van der Waals surface area contributed by atoms with Crippen LogP contribution in [0.25, 0.3) is 5.69 Å². The Morgan fingerprint density at radius 1 is 1.13 bits per heavy atom. The van der Waals surface area contributed by atoms with Crippen molar-refractivity contribution in [3.05, 3.63) is 77.4 Å². The molecule has 1 heterocycles. The van der Waals surface area contributed by atoms with Crippen LogP contribution in [0, 0.1) is 6.92 Å². The summed E-state index contributed by atoms with van der Waals surface area (Å²) in [5.74, 6) is 1.66. The van der Waals surface area contributed by atoms with Gasteiger partial charge in [0.1, 0.15) is 11.6 Å². The molecule has 1 aliphatic carbocycles. The molecule has 1 aliphatic rings. The van der Waals surface area contributed by atoms with Crippen LogP contribution in [0.3, 0.4) is 0 Å². The van der Waals surface area contributed by atoms with Gasteiger partial charge in [0, 0.05) is 24.6 Å². The van der Waals surface area contributed by atoms with E-state index < -0.39 is 6.10 Å². The Bertz CT molecular complexity index is 1010. The number of nitrogens with one attached hydrogen (secondary N) is 1. The highest BCUT2D eigenvalue weighted by atomic mass is 16.5. The van der Waals surface area contributed by atoms with Crippen molar-refractivity contribution in [1.82, 2.24) is 14.9 Å². The van der Waals surface area contributed by atoms with Gasteiger partial charge in [-0.1, -0.05) is 25.1 Å². The molecule has 2 aromatic carbocycles. The first-order valence-electron chi connectivity index (χ1n) is 10.8. The maximum atomic E-state index is 12.7. The molecule has 0 spiro atoms. The lowest BCUT2D eigenvalue weighted by molar-refractivity contribution is -0.128. The first-order valence-corrected chi connectivity index (χ1v) is 10.8. The summed E-state index contributed by atoms with van der Waals surface area (Å²) in [4.78, 5) is 16.9. The van der Waals surface area contributed by atoms with Crippen molar-refractivity contribution in [1.29, 1.82) is 0 Å². The van der Waals surface area contributed by atoms with E-state index in [1.807, 2.05) is 54.9 Å². The minimum absolute atomic E-state index is 0.0789. The number of ether oxygens (including phenoxy) is 1. The Hall–Kier alpha value is -3.08. The average molecular weight is 404 g/mol. The first kappa shape index (κ1) is 20.2. The molecule has 0 fully saturated rings. The molecule has 30 heavy (non-hydrogen) atoms. The third kappa shape index (κ3) is 4.56. The molecule has 4 rings (SSSR count). The smallest absolute Gasteiger partial charge is 0.261 e. The molecule has 1 N–H and O–H groups in total. The second kappa shape index (κ2) is 9.16. The Kier molecular flexibility index (Phi) is 6.17. The molecular formula is C25H29N3O2. The van der Waals surface area contributed by atoms with Crippen molar-refractivity contribution >= 4 is 5.91 Å². The molecule has 0 unspecified atom stereocenters. The van der Waals surface area contributed by atoms with Crippen LogP contribution in [0.1, 0.15) is 48.7 Å². The highest BCUT2D eigenvalue weighted by molar-refractivity contribution is 5.81. The summed E-state index contributed by atoms with van der Waals surface area (Å²) in [6.45, 7) is 4.43. The van der Waals surface area contributed by atoms with E-state index in [-0.39, 0.29) is 5.91 Å². The normalized spacial score (nSPS) is 14.1. The zero-order valence-electron chi connectivity index (χ0n) is 17.7. The van der Waals surface area contributed by atoms with Gasteiger partial charge >= 0.3 is 0 Å². The molecule has 5 heteroatoms. The van der Waals surface area contributed by atoms with Crippen LogP contribution in [0.5, 0.6) is 5.75 Å². The number of carbonyl (C=O) groups is 1. The Morgan fingerprint density at radius 2 is 1.90 bits per heavy atom. The summed E-state index contributed by atoms with van der Waals surface area (Å²) in [6.07, 6.45) is 8.61. The minimum Gasteiger partial charge on any atom is -0.481 e. The molecule has 0 saturated carbocycles. The maximum absolute atomic E-state index is 12.7. The summed E-state index contributed by atoms with van der Waals surface area (Å²) in [6, 6.07) is 14.4. The number of carbonyl (C=O) groups excluding carboxylic acids is 1. The van der Waals surface area contributed by atoms with E-state index in [0.29, 0.717) is 13.0 Å². The lowest BCUT2D eigenvalue weighted by atomic mass is 9.92. The highest BCUT2D eigenvalue weighted by Crippen LogP contribution is 2.26. The van der Waals surface area contributed by atoms with Crippen molar-refractivity contribution in [2.24, 2.45) is 0 Å². The number of rotatable bonds is 7. The predicted molar refractivity (Wildman–Crippen MR) is 118 cm³/mol. The van der Waals surface area contributed by atoms with E-state index in [9.17, 15) is 4.79 Å². The van der Waals surface area contributed by atoms with Crippen LogP contribution in [0.2, 0.25) is 0 Å². The predicted octanol–water partition coefficient (Wildman–Crippen LogP) is 4.53. The summed E-state index contributed by atoms with van der Waals surface area (Å²) in [5.41, 5.74) is 4.89. The number of hydrogen-bond acceptors (Lipinski definition) is 3. The van der Waals surface area contributed by atoms with Crippen molar-refractivity contribution < 1.29 is 9.53 Å². The molecule has 0 bridgehead atoms. The van der Waals surface area contributed by atoms with Gasteiger partial charge in [-0.05, 0) is 80.0 Å². The molecule has 0 saturated heterocycles. The number of amides is 1. The number of nitrogens with zero attached hydrogens (tertiary/aromatic N) is 2. The van der Waals surface area contributed by atoms with E-state index in [4.69, 9.17) is 4.74 Å². The van der Waals surface area contributed by atoms with Gasteiger partial charge in [0.05, 0.1) is 0 Å². The van der Waals surface area contributed by atoms with E-state index in [1.165, 1.54) is 24.0 Å². The lowest BCUT2D eigenvalue weighted by Gasteiger charge is -2.20. The van der Waals surface area contributed by atoms with Crippen LogP contribution in [0.15, 0.2) is 54.9 Å². The molecule has 3 aromatic rings. The quantitative estimate of drug-likeness (QED) is 0.630. The first-order chi connectivity index (χ1) is 14.6. The van der Waals surface area contributed by atoms with E-state index in [1.54, 1.807) is 6.20 Å². The third-order valence-electron chi connectivity index (χ3n) is 5.77. The molecule has 1 amide bonds. The van der Waals surface area contributed by atoms with Gasteiger partial charge in [0.15, 0.2) is 6.10 Å². The van der Waals surface area contributed by atoms with Crippen LogP contribution in [0.4, 0.5) is 0 Å². The van der Waals surface area contributed by atoms with E-state index in [2.05, 4.69) is 22.4 Å². The zero-order chi connectivity index (χ0) is 20.9. The van der Waals surface area contributed by atoms with Gasteiger partial charge in [-0.3, -0.25) is 4.79 Å². The lowest BCUT2D eigenvalue weighted by Crippen LogP contribution is -2.37. The SMILES string of the molecule is CC[C@@H](Oc1ccc2c(c1)CCCC2)C(=O)NCc1ccc(-n2ccnc2C)cc1. The van der Waals surface area contributed by atoms with Crippen LogP contribution >= 0.6 is 0 Å². The number of imidazole rings is 1. The highest BCUT2D eigenvalue weighted by Gasteiger charge is 2.19. The number of aromatic nitrogens is 2. The van der Waals surface area contributed by atoms with Gasteiger partial charge in [0.25, 0.3) is 5.91 Å². The van der Waals surface area contributed by atoms with Crippen LogP contribution < -0.4 is 10.1 Å². The standard InChI is InChI=1S/C25H29N3O2/c1-3-24(30-23-13-10-20-6-4-5-7-21(20)16-23)25(29)27-17-19-8-11-22(12-9-19)28-15-14-26-18(28)2/h8-16,24H,3-7,17H2,1-2H3,(H,27,29)/t24-/m1/s1. The fraction of sp³-hybridized carbons (Fsp3) is 0.360. The summed E-state index contributed by atoms with van der Waals surface area (Å²) >= 11 is 0. The molecule has 0 radical (unpaired) electrons. The van der Waals surface area contributed by atoms with Gasteiger partial charge in [-0.2, -0.15) is 0 Å². The Balaban J connectivity index is 1.35. The fourth-order valence-electron chi connectivity index (χ4n) is 4.00. The summed E-state index contributed by atoms with van der Waals surface area (Å²) < 4.78 is 8.07. The van der Waals surface area contributed by atoms with Gasteiger partial charge in [-0.15, -0.1) is 0 Å². The van der Waals surface area contributed by atoms with Gasteiger partial charge in [0.2, 0.25) is 0 Å². The summed E-state index contributed by atoms with van der Waals surface area (Å²) in [5, 5.41) is 3.02. The van der Waals surface area contributed by atoms with Gasteiger partial charge < -0.3 is 14.6 Å². The number of aryl methyl sites for hydroxylation is 3. The average Bonchev–Trinajstić information content (AvgIpc) is 3.22. The molecule has 5 nitrogen and oxygen atoms in total. The summed E-state index contributed by atoms with van der Waals surface area (Å²) in [7, 11) is 0. The monoisotopic (exact) mass is 403 g/mol. The van der Waals surface area contributed by atoms with Crippen molar-refractivity contribution in [3.63, 3.8) is 0 Å². The number of hydrogen-bond donors (Lipinski definition) is 1. The maximum Gasteiger partial charge on any atom is 0.261 e.